The molecule has 0 saturated heterocycles. The molecular formula is C13H19NO. The van der Waals surface area contributed by atoms with Gasteiger partial charge in [0.25, 0.3) is 0 Å². The minimum atomic E-state index is 0.116. The summed E-state index contributed by atoms with van der Waals surface area (Å²) in [5.41, 5.74) is 2.46. The van der Waals surface area contributed by atoms with Crippen molar-refractivity contribution < 1.29 is 4.79 Å². The van der Waals surface area contributed by atoms with E-state index in [1.165, 1.54) is 11.1 Å². The number of nitrogens with one attached hydrogen (secondary N) is 1. The summed E-state index contributed by atoms with van der Waals surface area (Å²) in [6, 6.07) is 8.35. The first-order valence-corrected chi connectivity index (χ1v) is 5.53. The van der Waals surface area contributed by atoms with Crippen LogP contribution < -0.4 is 5.32 Å². The summed E-state index contributed by atoms with van der Waals surface area (Å²) < 4.78 is 0. The van der Waals surface area contributed by atoms with Crippen LogP contribution in [0.4, 0.5) is 0 Å². The molecule has 0 fully saturated rings. The van der Waals surface area contributed by atoms with E-state index in [0.29, 0.717) is 6.42 Å². The predicted octanol–water partition coefficient (Wildman–Crippen LogP) is 2.97. The Morgan fingerprint density at radius 2 is 2.00 bits per heavy atom. The quantitative estimate of drug-likeness (QED) is 0.804. The molecule has 1 N–H and O–H groups in total. The van der Waals surface area contributed by atoms with Crippen molar-refractivity contribution in [2.24, 2.45) is 0 Å². The summed E-state index contributed by atoms with van der Waals surface area (Å²) in [6.45, 7) is 6.04. The lowest BCUT2D eigenvalue weighted by Gasteiger charge is -2.19. The molecule has 1 amide bonds. The number of hydrogen-bond donors (Lipinski definition) is 1. The highest BCUT2D eigenvalue weighted by Gasteiger charge is 2.12. The van der Waals surface area contributed by atoms with Crippen molar-refractivity contribution in [1.29, 1.82) is 0 Å². The van der Waals surface area contributed by atoms with Gasteiger partial charge < -0.3 is 5.32 Å². The first-order chi connectivity index (χ1) is 7.19. The average Bonchev–Trinajstić information content (AvgIpc) is 2.26. The minimum Gasteiger partial charge on any atom is -0.349 e. The van der Waals surface area contributed by atoms with Gasteiger partial charge in [0, 0.05) is 6.42 Å². The molecule has 0 aliphatic rings. The van der Waals surface area contributed by atoms with Crippen LogP contribution in [0.1, 0.15) is 43.9 Å². The molecule has 0 unspecified atom stereocenters. The third-order valence-electron chi connectivity index (χ3n) is 2.63. The number of aryl methyl sites for hydroxylation is 1. The smallest absolute Gasteiger partial charge is 0.220 e. The van der Waals surface area contributed by atoms with Gasteiger partial charge in [-0.05, 0) is 24.5 Å². The summed E-state index contributed by atoms with van der Waals surface area (Å²) in [5.74, 6) is 0.116. The monoisotopic (exact) mass is 205 g/mol. The van der Waals surface area contributed by atoms with Crippen molar-refractivity contribution in [2.45, 2.75) is 39.7 Å². The molecule has 15 heavy (non-hydrogen) atoms. The fourth-order valence-corrected chi connectivity index (χ4v) is 1.67. The molecule has 0 spiro atoms. The highest BCUT2D eigenvalue weighted by Crippen LogP contribution is 2.20. The topological polar surface area (TPSA) is 29.1 Å². The van der Waals surface area contributed by atoms with Crippen LogP contribution in [0, 0.1) is 6.92 Å². The second-order valence-electron chi connectivity index (χ2n) is 3.74. The Morgan fingerprint density at radius 1 is 1.33 bits per heavy atom. The maximum atomic E-state index is 11.4. The summed E-state index contributed by atoms with van der Waals surface area (Å²) in [6.07, 6.45) is 1.47. The maximum absolute atomic E-state index is 11.4. The lowest BCUT2D eigenvalue weighted by molar-refractivity contribution is -0.121. The predicted molar refractivity (Wildman–Crippen MR) is 62.6 cm³/mol. The molecule has 82 valence electrons. The highest BCUT2D eigenvalue weighted by atomic mass is 16.1. The van der Waals surface area contributed by atoms with Gasteiger partial charge in [0.15, 0.2) is 0 Å². The molecular weight excluding hydrogens is 186 g/mol. The van der Waals surface area contributed by atoms with E-state index >= 15 is 0 Å². The van der Waals surface area contributed by atoms with Crippen molar-refractivity contribution in [3.8, 4) is 0 Å². The zero-order valence-electron chi connectivity index (χ0n) is 9.71. The molecule has 0 bridgehead atoms. The Labute approximate surface area is 91.7 Å². The Kier molecular flexibility index (Phi) is 4.35. The van der Waals surface area contributed by atoms with Gasteiger partial charge in [-0.1, -0.05) is 38.1 Å². The van der Waals surface area contributed by atoms with E-state index in [2.05, 4.69) is 31.3 Å². The van der Waals surface area contributed by atoms with Gasteiger partial charge in [-0.25, -0.2) is 0 Å². The molecule has 1 aromatic rings. The number of amides is 1. The summed E-state index contributed by atoms with van der Waals surface area (Å²) >= 11 is 0. The third-order valence-corrected chi connectivity index (χ3v) is 2.63. The van der Waals surface area contributed by atoms with Crippen LogP contribution in [0.15, 0.2) is 24.3 Å². The summed E-state index contributed by atoms with van der Waals surface area (Å²) in [4.78, 5) is 11.4. The van der Waals surface area contributed by atoms with Crippen molar-refractivity contribution >= 4 is 5.91 Å². The van der Waals surface area contributed by atoms with E-state index in [1.807, 2.05) is 19.1 Å². The average molecular weight is 205 g/mol. The van der Waals surface area contributed by atoms with Crippen LogP contribution in [0.5, 0.6) is 0 Å². The normalized spacial score (nSPS) is 12.2. The summed E-state index contributed by atoms with van der Waals surface area (Å²) in [5, 5.41) is 3.03. The second-order valence-corrected chi connectivity index (χ2v) is 3.74. The van der Waals surface area contributed by atoms with E-state index in [-0.39, 0.29) is 11.9 Å². The molecule has 0 aromatic heterocycles. The Bertz CT molecular complexity index is 333. The van der Waals surface area contributed by atoms with Gasteiger partial charge in [0.05, 0.1) is 6.04 Å². The van der Waals surface area contributed by atoms with Gasteiger partial charge in [-0.15, -0.1) is 0 Å². The first-order valence-electron chi connectivity index (χ1n) is 5.53. The van der Waals surface area contributed by atoms with Gasteiger partial charge in [0.1, 0.15) is 0 Å². The van der Waals surface area contributed by atoms with Crippen LogP contribution in [0.25, 0.3) is 0 Å². The maximum Gasteiger partial charge on any atom is 0.220 e. The van der Waals surface area contributed by atoms with Gasteiger partial charge in [0.2, 0.25) is 5.91 Å². The Balaban J connectivity index is 2.83. The molecule has 2 nitrogen and oxygen atoms in total. The van der Waals surface area contributed by atoms with Crippen molar-refractivity contribution in [3.63, 3.8) is 0 Å². The Morgan fingerprint density at radius 3 is 2.53 bits per heavy atom. The van der Waals surface area contributed by atoms with Gasteiger partial charge in [-0.3, -0.25) is 4.79 Å². The first kappa shape index (κ1) is 11.8. The molecule has 0 aliphatic carbocycles. The zero-order valence-corrected chi connectivity index (χ0v) is 9.71. The highest BCUT2D eigenvalue weighted by molar-refractivity contribution is 5.76. The number of hydrogen-bond acceptors (Lipinski definition) is 1. The van der Waals surface area contributed by atoms with E-state index in [1.54, 1.807) is 0 Å². The SMILES string of the molecule is CCC(=O)N[C@H](CC)c1ccccc1C. The molecule has 0 heterocycles. The van der Waals surface area contributed by atoms with Crippen molar-refractivity contribution in [2.75, 3.05) is 0 Å². The Hall–Kier alpha value is -1.31. The second kappa shape index (κ2) is 5.54. The van der Waals surface area contributed by atoms with E-state index in [4.69, 9.17) is 0 Å². The van der Waals surface area contributed by atoms with E-state index < -0.39 is 0 Å². The largest absolute Gasteiger partial charge is 0.349 e. The van der Waals surface area contributed by atoms with Crippen LogP contribution in [-0.4, -0.2) is 5.91 Å². The van der Waals surface area contributed by atoms with Crippen molar-refractivity contribution in [3.05, 3.63) is 35.4 Å². The van der Waals surface area contributed by atoms with Crippen molar-refractivity contribution in [1.82, 2.24) is 5.32 Å². The fourth-order valence-electron chi connectivity index (χ4n) is 1.67. The lowest BCUT2D eigenvalue weighted by atomic mass is 9.99. The number of rotatable bonds is 4. The standard InChI is InChI=1S/C13H19NO/c1-4-12(14-13(15)5-2)11-9-7-6-8-10(11)3/h6-9,12H,4-5H2,1-3H3,(H,14,15)/t12-/m1/s1. The van der Waals surface area contributed by atoms with Crippen LogP contribution >= 0.6 is 0 Å². The molecule has 0 aliphatic heterocycles. The van der Waals surface area contributed by atoms with Gasteiger partial charge >= 0.3 is 0 Å². The molecule has 0 radical (unpaired) electrons. The molecule has 1 atom stereocenters. The zero-order chi connectivity index (χ0) is 11.3. The minimum absolute atomic E-state index is 0.116. The van der Waals surface area contributed by atoms with Crippen LogP contribution in [0.3, 0.4) is 0 Å². The van der Waals surface area contributed by atoms with Gasteiger partial charge in [-0.2, -0.15) is 0 Å². The van der Waals surface area contributed by atoms with E-state index in [9.17, 15) is 4.79 Å². The molecule has 1 aromatic carbocycles. The third kappa shape index (κ3) is 3.08. The molecule has 0 saturated carbocycles. The van der Waals surface area contributed by atoms with E-state index in [0.717, 1.165) is 6.42 Å². The molecule has 2 heteroatoms. The lowest BCUT2D eigenvalue weighted by Crippen LogP contribution is -2.27. The fraction of sp³-hybridized carbons (Fsp3) is 0.462. The van der Waals surface area contributed by atoms with Crippen LogP contribution in [-0.2, 0) is 4.79 Å². The van der Waals surface area contributed by atoms with Crippen LogP contribution in [0.2, 0.25) is 0 Å². The number of benzene rings is 1. The molecule has 1 rings (SSSR count). The summed E-state index contributed by atoms with van der Waals surface area (Å²) in [7, 11) is 0. The number of carbonyl (C=O) groups is 1. The number of carbonyl (C=O) groups excluding carboxylic acids is 1.